The minimum absolute atomic E-state index is 0. The van der Waals surface area contributed by atoms with Gasteiger partial charge < -0.3 is 9.64 Å². The smallest absolute Gasteiger partial charge is 0.119 e. The Kier molecular flexibility index (Phi) is 8.75. The van der Waals surface area contributed by atoms with Crippen LogP contribution < -0.4 is 9.64 Å². The Hall–Kier alpha value is -1.42. The summed E-state index contributed by atoms with van der Waals surface area (Å²) in [5.74, 6) is 0.900. The van der Waals surface area contributed by atoms with Gasteiger partial charge >= 0.3 is 0 Å². The number of rotatable bonds is 7. The zero-order valence-corrected chi connectivity index (χ0v) is 17.9. The Morgan fingerprint density at radius 2 is 1.63 bits per heavy atom. The molecule has 2 aromatic carbocycles. The highest BCUT2D eigenvalue weighted by Gasteiger charge is 2.18. The zero-order valence-electron chi connectivity index (χ0n) is 16.3. The summed E-state index contributed by atoms with van der Waals surface area (Å²) in [6.07, 6.45) is 2.26. The average Bonchev–Trinajstić information content (AvgIpc) is 2.66. The monoisotopic (exact) mass is 408 g/mol. The van der Waals surface area contributed by atoms with Gasteiger partial charge in [0.05, 0.1) is 6.61 Å². The number of anilines is 1. The lowest BCUT2D eigenvalue weighted by molar-refractivity contribution is 0.238. The quantitative estimate of drug-likeness (QED) is 0.573. The van der Waals surface area contributed by atoms with Gasteiger partial charge in [0.1, 0.15) is 5.75 Å². The van der Waals surface area contributed by atoms with Crippen LogP contribution in [-0.4, -0.2) is 44.2 Å². The molecule has 0 N–H and O–H groups in total. The van der Waals surface area contributed by atoms with E-state index < -0.39 is 0 Å². The van der Waals surface area contributed by atoms with Crippen molar-refractivity contribution >= 4 is 29.7 Å². The van der Waals surface area contributed by atoms with E-state index in [4.69, 9.17) is 16.3 Å². The fourth-order valence-corrected chi connectivity index (χ4v) is 3.57. The molecule has 0 atom stereocenters. The van der Waals surface area contributed by atoms with Crippen molar-refractivity contribution in [3.8, 4) is 5.75 Å². The number of benzene rings is 2. The van der Waals surface area contributed by atoms with E-state index in [9.17, 15) is 0 Å². The molecule has 0 aromatic heterocycles. The molecule has 0 spiro atoms. The van der Waals surface area contributed by atoms with Crippen LogP contribution >= 0.6 is 24.0 Å². The molecule has 5 heteroatoms. The van der Waals surface area contributed by atoms with Crippen molar-refractivity contribution in [2.75, 3.05) is 44.2 Å². The fraction of sp³-hybridized carbons (Fsp3) is 0.455. The largest absolute Gasteiger partial charge is 0.494 e. The number of aryl methyl sites for hydroxylation is 1. The van der Waals surface area contributed by atoms with Crippen LogP contribution in [0.3, 0.4) is 0 Å². The van der Waals surface area contributed by atoms with E-state index in [-0.39, 0.29) is 12.4 Å². The zero-order chi connectivity index (χ0) is 18.4. The van der Waals surface area contributed by atoms with E-state index in [1.165, 1.54) is 23.2 Å². The molecule has 148 valence electrons. The highest BCUT2D eigenvalue weighted by atomic mass is 35.5. The summed E-state index contributed by atoms with van der Waals surface area (Å²) in [6.45, 7) is 10.9. The number of hydrogen-bond donors (Lipinski definition) is 0. The average molecular weight is 409 g/mol. The molecular weight excluding hydrogens is 379 g/mol. The van der Waals surface area contributed by atoms with Gasteiger partial charge in [-0.05, 0) is 74.7 Å². The second-order valence-electron chi connectivity index (χ2n) is 7.06. The molecule has 27 heavy (non-hydrogen) atoms. The highest BCUT2D eigenvalue weighted by Crippen LogP contribution is 2.24. The minimum atomic E-state index is 0. The molecule has 0 aliphatic carbocycles. The molecule has 0 unspecified atom stereocenters. The lowest BCUT2D eigenvalue weighted by Crippen LogP contribution is -2.46. The maximum atomic E-state index is 5.88. The predicted octanol–water partition coefficient (Wildman–Crippen LogP) is 5.36. The van der Waals surface area contributed by atoms with Gasteiger partial charge in [-0.2, -0.15) is 0 Å². The number of halogens is 2. The van der Waals surface area contributed by atoms with Crippen molar-refractivity contribution < 1.29 is 4.74 Å². The number of nitrogens with zero attached hydrogens (tertiary/aromatic N) is 2. The van der Waals surface area contributed by atoms with Crippen LogP contribution in [0.1, 0.15) is 24.0 Å². The molecule has 1 heterocycles. The minimum Gasteiger partial charge on any atom is -0.494 e. The van der Waals surface area contributed by atoms with Crippen molar-refractivity contribution in [2.24, 2.45) is 0 Å². The van der Waals surface area contributed by atoms with Crippen molar-refractivity contribution in [1.29, 1.82) is 0 Å². The van der Waals surface area contributed by atoms with Gasteiger partial charge in [0.2, 0.25) is 0 Å². The van der Waals surface area contributed by atoms with Crippen molar-refractivity contribution in [3.63, 3.8) is 0 Å². The molecule has 2 aromatic rings. The Labute approximate surface area is 174 Å². The number of unbranched alkanes of at least 4 members (excludes halogenated alkanes) is 1. The summed E-state index contributed by atoms with van der Waals surface area (Å²) in [5, 5.41) is 0.748. The number of hydrogen-bond acceptors (Lipinski definition) is 3. The van der Waals surface area contributed by atoms with Crippen LogP contribution in [0.5, 0.6) is 5.75 Å². The Balaban J connectivity index is 0.00000261. The summed E-state index contributed by atoms with van der Waals surface area (Å²) in [6, 6.07) is 14.2. The van der Waals surface area contributed by atoms with E-state index in [2.05, 4.69) is 41.8 Å². The van der Waals surface area contributed by atoms with E-state index in [0.717, 1.165) is 56.5 Å². The lowest BCUT2D eigenvalue weighted by Gasteiger charge is -2.37. The van der Waals surface area contributed by atoms with Gasteiger partial charge in [-0.1, -0.05) is 23.7 Å². The standard InChI is InChI=1S/C22H29ClN2O.ClH/c1-18-6-5-7-22(19(18)2)25-15-13-24(14-16-25)12-3-4-17-26-21-10-8-20(23)9-11-21;/h5-11H,3-4,12-17H2,1-2H3;1H. The summed E-state index contributed by atoms with van der Waals surface area (Å²) in [7, 11) is 0. The highest BCUT2D eigenvalue weighted by molar-refractivity contribution is 6.30. The fourth-order valence-electron chi connectivity index (χ4n) is 3.45. The maximum Gasteiger partial charge on any atom is 0.119 e. The van der Waals surface area contributed by atoms with Gasteiger partial charge in [0.25, 0.3) is 0 Å². The molecule has 1 saturated heterocycles. The van der Waals surface area contributed by atoms with Gasteiger partial charge in [0.15, 0.2) is 0 Å². The van der Waals surface area contributed by atoms with Crippen LogP contribution in [0.25, 0.3) is 0 Å². The first-order valence-electron chi connectivity index (χ1n) is 9.55. The molecule has 0 saturated carbocycles. The molecule has 0 radical (unpaired) electrons. The molecular formula is C22H30Cl2N2O. The molecule has 1 aliphatic heterocycles. The summed E-state index contributed by atoms with van der Waals surface area (Å²) < 4.78 is 5.76. The normalized spacial score (nSPS) is 14.7. The van der Waals surface area contributed by atoms with E-state index in [1.807, 2.05) is 24.3 Å². The lowest BCUT2D eigenvalue weighted by atomic mass is 10.1. The molecule has 0 amide bonds. The first-order valence-corrected chi connectivity index (χ1v) is 9.93. The van der Waals surface area contributed by atoms with E-state index >= 15 is 0 Å². The molecule has 3 nitrogen and oxygen atoms in total. The third-order valence-electron chi connectivity index (χ3n) is 5.24. The number of piperazine rings is 1. The maximum absolute atomic E-state index is 5.88. The first kappa shape index (κ1) is 21.9. The van der Waals surface area contributed by atoms with Crippen LogP contribution in [0.2, 0.25) is 5.02 Å². The Morgan fingerprint density at radius 3 is 2.33 bits per heavy atom. The summed E-state index contributed by atoms with van der Waals surface area (Å²) in [4.78, 5) is 5.10. The topological polar surface area (TPSA) is 15.7 Å². The van der Waals surface area contributed by atoms with E-state index in [0.29, 0.717) is 0 Å². The Morgan fingerprint density at radius 1 is 0.926 bits per heavy atom. The third-order valence-corrected chi connectivity index (χ3v) is 5.49. The van der Waals surface area contributed by atoms with Crippen LogP contribution in [0.15, 0.2) is 42.5 Å². The molecule has 1 aliphatic rings. The molecule has 3 rings (SSSR count). The van der Waals surface area contributed by atoms with Crippen LogP contribution in [-0.2, 0) is 0 Å². The number of ether oxygens (including phenoxy) is 1. The third kappa shape index (κ3) is 6.31. The first-order chi connectivity index (χ1) is 12.6. The Bertz CT molecular complexity index is 698. The summed E-state index contributed by atoms with van der Waals surface area (Å²) >= 11 is 5.88. The van der Waals surface area contributed by atoms with Crippen molar-refractivity contribution in [2.45, 2.75) is 26.7 Å². The van der Waals surface area contributed by atoms with E-state index in [1.54, 1.807) is 0 Å². The van der Waals surface area contributed by atoms with Crippen LogP contribution in [0.4, 0.5) is 5.69 Å². The van der Waals surface area contributed by atoms with Crippen LogP contribution in [0, 0.1) is 13.8 Å². The molecule has 0 bridgehead atoms. The van der Waals surface area contributed by atoms with Gasteiger partial charge in [-0.25, -0.2) is 0 Å². The SMILES string of the molecule is Cc1cccc(N2CCN(CCCCOc3ccc(Cl)cc3)CC2)c1C.Cl. The van der Waals surface area contributed by atoms with Gasteiger partial charge in [-0.3, -0.25) is 4.90 Å². The summed E-state index contributed by atoms with van der Waals surface area (Å²) in [5.41, 5.74) is 4.20. The second-order valence-corrected chi connectivity index (χ2v) is 7.49. The predicted molar refractivity (Wildman–Crippen MR) is 118 cm³/mol. The van der Waals surface area contributed by atoms with Gasteiger partial charge in [-0.15, -0.1) is 12.4 Å². The van der Waals surface area contributed by atoms with Crippen molar-refractivity contribution in [1.82, 2.24) is 4.90 Å². The van der Waals surface area contributed by atoms with Crippen molar-refractivity contribution in [3.05, 3.63) is 58.6 Å². The second kappa shape index (κ2) is 10.8. The molecule has 1 fully saturated rings. The van der Waals surface area contributed by atoms with Gasteiger partial charge in [0, 0.05) is 36.9 Å².